The Balaban J connectivity index is 3.02. The molecule has 0 atom stereocenters. The summed E-state index contributed by atoms with van der Waals surface area (Å²) in [7, 11) is -1.96. The van der Waals surface area contributed by atoms with Crippen molar-refractivity contribution in [2.45, 2.75) is 38.9 Å². The maximum atomic E-state index is 13.8. The summed E-state index contributed by atoms with van der Waals surface area (Å²) in [5.41, 5.74) is 0. The molecular formula is C12H18BrFOSi. The van der Waals surface area contributed by atoms with Crippen LogP contribution in [-0.4, -0.2) is 8.32 Å². The molecule has 0 heterocycles. The van der Waals surface area contributed by atoms with E-state index in [2.05, 4.69) is 49.8 Å². The Morgan fingerprint density at radius 1 is 1.25 bits per heavy atom. The largest absolute Gasteiger partial charge is 0.542 e. The first-order chi connectivity index (χ1) is 7.15. The standard InChI is InChI=1S/C12H18BrFOSi/c1-12(2,3)16(4,5)15-10-8-6-7-9(13)11(10)14/h6-8H,1-5H3. The van der Waals surface area contributed by atoms with Crippen LogP contribution >= 0.6 is 15.9 Å². The van der Waals surface area contributed by atoms with Gasteiger partial charge in [0.05, 0.1) is 4.47 Å². The molecule has 1 aromatic rings. The van der Waals surface area contributed by atoms with Gasteiger partial charge in [0.2, 0.25) is 0 Å². The monoisotopic (exact) mass is 304 g/mol. The first kappa shape index (κ1) is 13.7. The summed E-state index contributed by atoms with van der Waals surface area (Å²) in [6.07, 6.45) is 0. The fraction of sp³-hybridized carbons (Fsp3) is 0.500. The normalized spacial score (nSPS) is 12.7. The number of benzene rings is 1. The number of halogens is 2. The highest BCUT2D eigenvalue weighted by atomic mass is 79.9. The molecule has 0 aliphatic heterocycles. The smallest absolute Gasteiger partial charge is 0.250 e. The molecule has 0 amide bonds. The van der Waals surface area contributed by atoms with Gasteiger partial charge in [0.25, 0.3) is 8.32 Å². The third-order valence-corrected chi connectivity index (χ3v) is 8.04. The quantitative estimate of drug-likeness (QED) is 0.701. The molecule has 0 bridgehead atoms. The van der Waals surface area contributed by atoms with Crippen molar-refractivity contribution < 1.29 is 8.82 Å². The number of hydrogen-bond donors (Lipinski definition) is 0. The molecule has 1 rings (SSSR count). The maximum Gasteiger partial charge on any atom is 0.250 e. The van der Waals surface area contributed by atoms with E-state index in [1.807, 2.05) is 0 Å². The zero-order chi connectivity index (χ0) is 12.6. The van der Waals surface area contributed by atoms with E-state index < -0.39 is 8.32 Å². The second-order valence-corrected chi connectivity index (χ2v) is 11.0. The van der Waals surface area contributed by atoms with Gasteiger partial charge in [-0.15, -0.1) is 0 Å². The summed E-state index contributed by atoms with van der Waals surface area (Å²) < 4.78 is 20.1. The van der Waals surface area contributed by atoms with Crippen molar-refractivity contribution in [1.82, 2.24) is 0 Å². The van der Waals surface area contributed by atoms with Crippen LogP contribution in [0.5, 0.6) is 5.75 Å². The highest BCUT2D eigenvalue weighted by molar-refractivity contribution is 9.10. The molecule has 0 spiro atoms. The van der Waals surface area contributed by atoms with E-state index in [9.17, 15) is 4.39 Å². The summed E-state index contributed by atoms with van der Waals surface area (Å²) in [6.45, 7) is 10.6. The number of rotatable bonds is 2. The minimum Gasteiger partial charge on any atom is -0.542 e. The lowest BCUT2D eigenvalue weighted by Gasteiger charge is -2.36. The lowest BCUT2D eigenvalue weighted by atomic mass is 10.2. The zero-order valence-electron chi connectivity index (χ0n) is 10.4. The highest BCUT2D eigenvalue weighted by Crippen LogP contribution is 2.38. The van der Waals surface area contributed by atoms with Crippen LogP contribution in [0.25, 0.3) is 0 Å². The van der Waals surface area contributed by atoms with Gasteiger partial charge >= 0.3 is 0 Å². The molecule has 16 heavy (non-hydrogen) atoms. The second-order valence-electron chi connectivity index (χ2n) is 5.41. The summed E-state index contributed by atoms with van der Waals surface area (Å²) in [6, 6.07) is 5.14. The Bertz CT molecular complexity index is 385. The number of hydrogen-bond acceptors (Lipinski definition) is 1. The van der Waals surface area contributed by atoms with Crippen LogP contribution in [0.2, 0.25) is 18.1 Å². The molecular weight excluding hydrogens is 287 g/mol. The van der Waals surface area contributed by atoms with E-state index in [0.29, 0.717) is 10.2 Å². The summed E-state index contributed by atoms with van der Waals surface area (Å²) in [4.78, 5) is 0. The summed E-state index contributed by atoms with van der Waals surface area (Å²) in [5, 5.41) is 0.0712. The Morgan fingerprint density at radius 3 is 2.31 bits per heavy atom. The van der Waals surface area contributed by atoms with Crippen LogP contribution in [0, 0.1) is 5.82 Å². The Morgan fingerprint density at radius 2 is 1.81 bits per heavy atom. The van der Waals surface area contributed by atoms with Crippen LogP contribution in [0.15, 0.2) is 22.7 Å². The van der Waals surface area contributed by atoms with Crippen molar-refractivity contribution in [1.29, 1.82) is 0 Å². The van der Waals surface area contributed by atoms with Crippen molar-refractivity contribution >= 4 is 24.2 Å². The molecule has 4 heteroatoms. The molecule has 0 saturated carbocycles. The molecule has 0 fully saturated rings. The van der Waals surface area contributed by atoms with Gasteiger partial charge in [0, 0.05) is 0 Å². The third kappa shape index (κ3) is 2.86. The van der Waals surface area contributed by atoms with E-state index in [1.165, 1.54) is 0 Å². The van der Waals surface area contributed by atoms with Gasteiger partial charge in [-0.25, -0.2) is 4.39 Å². The van der Waals surface area contributed by atoms with Crippen LogP contribution in [0.1, 0.15) is 20.8 Å². The molecule has 0 aliphatic rings. The van der Waals surface area contributed by atoms with Gasteiger partial charge in [-0.05, 0) is 46.2 Å². The molecule has 0 N–H and O–H groups in total. The van der Waals surface area contributed by atoms with Crippen molar-refractivity contribution in [3.63, 3.8) is 0 Å². The van der Waals surface area contributed by atoms with E-state index in [0.717, 1.165) is 0 Å². The summed E-state index contributed by atoms with van der Waals surface area (Å²) >= 11 is 3.16. The van der Waals surface area contributed by atoms with Crippen LogP contribution < -0.4 is 4.43 Å². The second kappa shape index (κ2) is 4.49. The zero-order valence-corrected chi connectivity index (χ0v) is 13.0. The third-order valence-electron chi connectivity index (χ3n) is 3.09. The predicted molar refractivity (Wildman–Crippen MR) is 71.9 cm³/mol. The Kier molecular flexibility index (Phi) is 3.85. The van der Waals surface area contributed by atoms with Crippen LogP contribution in [0.4, 0.5) is 4.39 Å². The average Bonchev–Trinajstić information content (AvgIpc) is 2.11. The van der Waals surface area contributed by atoms with Gasteiger partial charge in [-0.3, -0.25) is 0 Å². The molecule has 1 aromatic carbocycles. The molecule has 0 saturated heterocycles. The molecule has 0 aliphatic carbocycles. The van der Waals surface area contributed by atoms with Crippen LogP contribution in [0.3, 0.4) is 0 Å². The topological polar surface area (TPSA) is 9.23 Å². The lowest BCUT2D eigenvalue weighted by molar-refractivity contribution is 0.455. The molecule has 0 aromatic heterocycles. The first-order valence-corrected chi connectivity index (χ1v) is 8.98. The van der Waals surface area contributed by atoms with Gasteiger partial charge in [0.1, 0.15) is 5.75 Å². The Labute approximate surface area is 106 Å². The van der Waals surface area contributed by atoms with Crippen LogP contribution in [-0.2, 0) is 0 Å². The fourth-order valence-corrected chi connectivity index (χ4v) is 2.35. The Hall–Kier alpha value is -0.353. The lowest BCUT2D eigenvalue weighted by Crippen LogP contribution is -2.44. The molecule has 1 nitrogen and oxygen atoms in total. The SMILES string of the molecule is CC(C)(C)[Si](C)(C)Oc1cccc(Br)c1F. The minimum absolute atomic E-state index is 0.0712. The molecule has 0 unspecified atom stereocenters. The minimum atomic E-state index is -1.96. The first-order valence-electron chi connectivity index (χ1n) is 5.28. The van der Waals surface area contributed by atoms with E-state index in [-0.39, 0.29) is 10.9 Å². The van der Waals surface area contributed by atoms with Gasteiger partial charge < -0.3 is 4.43 Å². The highest BCUT2D eigenvalue weighted by Gasteiger charge is 2.39. The van der Waals surface area contributed by atoms with Crippen molar-refractivity contribution in [2.75, 3.05) is 0 Å². The van der Waals surface area contributed by atoms with Crippen molar-refractivity contribution in [3.8, 4) is 5.75 Å². The van der Waals surface area contributed by atoms with Crippen molar-refractivity contribution in [3.05, 3.63) is 28.5 Å². The van der Waals surface area contributed by atoms with Gasteiger partial charge in [0.15, 0.2) is 5.82 Å². The maximum absolute atomic E-state index is 13.8. The van der Waals surface area contributed by atoms with E-state index >= 15 is 0 Å². The van der Waals surface area contributed by atoms with E-state index in [4.69, 9.17) is 4.43 Å². The van der Waals surface area contributed by atoms with Gasteiger partial charge in [-0.2, -0.15) is 0 Å². The molecule has 90 valence electrons. The predicted octanol–water partition coefficient (Wildman–Crippen LogP) is 4.97. The average molecular weight is 305 g/mol. The molecule has 0 radical (unpaired) electrons. The van der Waals surface area contributed by atoms with Gasteiger partial charge in [-0.1, -0.05) is 26.8 Å². The summed E-state index contributed by atoms with van der Waals surface area (Å²) in [5.74, 6) is 0.0355. The van der Waals surface area contributed by atoms with Crippen molar-refractivity contribution in [2.24, 2.45) is 0 Å². The van der Waals surface area contributed by atoms with E-state index in [1.54, 1.807) is 18.2 Å². The fourth-order valence-electron chi connectivity index (χ4n) is 0.991.